The molecule has 0 aliphatic carbocycles. The summed E-state index contributed by atoms with van der Waals surface area (Å²) < 4.78 is 26.2. The highest BCUT2D eigenvalue weighted by molar-refractivity contribution is 5.93. The number of piperidine rings is 1. The van der Waals surface area contributed by atoms with Gasteiger partial charge in [0.1, 0.15) is 11.6 Å². The molecule has 1 saturated heterocycles. The van der Waals surface area contributed by atoms with E-state index in [1.54, 1.807) is 17.0 Å². The first-order valence-electron chi connectivity index (χ1n) is 8.26. The highest BCUT2D eigenvalue weighted by Crippen LogP contribution is 2.23. The number of carbonyl (C=O) groups excluding carboxylic acids is 1. The summed E-state index contributed by atoms with van der Waals surface area (Å²) in [5.41, 5.74) is 1.41. The van der Waals surface area contributed by atoms with E-state index < -0.39 is 5.82 Å². The molecule has 1 aromatic carbocycles. The van der Waals surface area contributed by atoms with Crippen molar-refractivity contribution in [2.45, 2.75) is 25.7 Å². The van der Waals surface area contributed by atoms with Gasteiger partial charge in [0.2, 0.25) is 0 Å². The molecule has 126 valence electrons. The van der Waals surface area contributed by atoms with Gasteiger partial charge in [-0.25, -0.2) is 8.78 Å². The SMILES string of the molecule is O=C(c1cncc(F)c1)N1CCC[C@H](CCc2ccc(F)cc2)C1. The molecule has 2 aromatic rings. The van der Waals surface area contributed by atoms with Gasteiger partial charge in [-0.05, 0) is 55.4 Å². The number of halogens is 2. The predicted octanol–water partition coefficient (Wildman–Crippen LogP) is 3.84. The predicted molar refractivity (Wildman–Crippen MR) is 87.5 cm³/mol. The van der Waals surface area contributed by atoms with Crippen molar-refractivity contribution in [1.29, 1.82) is 0 Å². The second-order valence-electron chi connectivity index (χ2n) is 6.32. The van der Waals surface area contributed by atoms with E-state index >= 15 is 0 Å². The van der Waals surface area contributed by atoms with Crippen LogP contribution < -0.4 is 0 Å². The van der Waals surface area contributed by atoms with Crippen molar-refractivity contribution in [2.75, 3.05) is 13.1 Å². The maximum atomic E-state index is 13.2. The van der Waals surface area contributed by atoms with Crippen LogP contribution >= 0.6 is 0 Å². The highest BCUT2D eigenvalue weighted by atomic mass is 19.1. The highest BCUT2D eigenvalue weighted by Gasteiger charge is 2.24. The molecule has 1 atom stereocenters. The number of hydrogen-bond donors (Lipinski definition) is 0. The number of aromatic nitrogens is 1. The monoisotopic (exact) mass is 330 g/mol. The molecule has 1 fully saturated rings. The summed E-state index contributed by atoms with van der Waals surface area (Å²) in [4.78, 5) is 18.0. The summed E-state index contributed by atoms with van der Waals surface area (Å²) in [6, 6.07) is 7.79. The van der Waals surface area contributed by atoms with Crippen molar-refractivity contribution in [2.24, 2.45) is 5.92 Å². The zero-order valence-electron chi connectivity index (χ0n) is 13.4. The number of aryl methyl sites for hydroxylation is 1. The third-order valence-corrected chi connectivity index (χ3v) is 4.51. The van der Waals surface area contributed by atoms with Crippen LogP contribution in [0, 0.1) is 17.6 Å². The lowest BCUT2D eigenvalue weighted by Gasteiger charge is -2.33. The molecule has 1 aromatic heterocycles. The van der Waals surface area contributed by atoms with Crippen LogP contribution in [0.3, 0.4) is 0 Å². The average Bonchev–Trinajstić information content (AvgIpc) is 2.61. The standard InChI is InChI=1S/C19H20F2N2O/c20-17-7-5-14(6-8-17)3-4-15-2-1-9-23(13-15)19(24)16-10-18(21)12-22-11-16/h5-8,10-12,15H,1-4,9,13H2/t15-/m1/s1. The minimum absolute atomic E-state index is 0.159. The van der Waals surface area contributed by atoms with Gasteiger partial charge in [-0.15, -0.1) is 0 Å². The number of rotatable bonds is 4. The average molecular weight is 330 g/mol. The van der Waals surface area contributed by atoms with Crippen molar-refractivity contribution >= 4 is 5.91 Å². The summed E-state index contributed by atoms with van der Waals surface area (Å²) >= 11 is 0. The van der Waals surface area contributed by atoms with Gasteiger partial charge >= 0.3 is 0 Å². The number of carbonyl (C=O) groups is 1. The zero-order valence-corrected chi connectivity index (χ0v) is 13.4. The Morgan fingerprint density at radius 2 is 1.96 bits per heavy atom. The fourth-order valence-electron chi connectivity index (χ4n) is 3.22. The minimum Gasteiger partial charge on any atom is -0.338 e. The van der Waals surface area contributed by atoms with Crippen LogP contribution in [0.4, 0.5) is 8.78 Å². The van der Waals surface area contributed by atoms with Crippen molar-refractivity contribution < 1.29 is 13.6 Å². The molecule has 0 bridgehead atoms. The van der Waals surface area contributed by atoms with E-state index in [4.69, 9.17) is 0 Å². The van der Waals surface area contributed by atoms with Crippen LogP contribution in [-0.2, 0) is 6.42 Å². The summed E-state index contributed by atoms with van der Waals surface area (Å²) in [5, 5.41) is 0. The minimum atomic E-state index is -0.495. The molecule has 0 radical (unpaired) electrons. The Hall–Kier alpha value is -2.30. The third-order valence-electron chi connectivity index (χ3n) is 4.51. The molecule has 0 saturated carbocycles. The van der Waals surface area contributed by atoms with Gasteiger partial charge in [0.05, 0.1) is 11.8 Å². The second-order valence-corrected chi connectivity index (χ2v) is 6.32. The van der Waals surface area contributed by atoms with Gasteiger partial charge in [-0.2, -0.15) is 0 Å². The Morgan fingerprint density at radius 3 is 2.71 bits per heavy atom. The van der Waals surface area contributed by atoms with Crippen LogP contribution in [0.1, 0.15) is 35.2 Å². The Balaban J connectivity index is 1.57. The Labute approximate surface area is 140 Å². The van der Waals surface area contributed by atoms with Crippen LogP contribution in [0.5, 0.6) is 0 Å². The van der Waals surface area contributed by atoms with Crippen molar-refractivity contribution in [3.05, 3.63) is 65.5 Å². The van der Waals surface area contributed by atoms with Gasteiger partial charge in [-0.1, -0.05) is 12.1 Å². The van der Waals surface area contributed by atoms with Gasteiger partial charge in [-0.3, -0.25) is 9.78 Å². The van der Waals surface area contributed by atoms with E-state index in [-0.39, 0.29) is 11.7 Å². The Kier molecular flexibility index (Phi) is 5.18. The molecular formula is C19H20F2N2O. The Bertz CT molecular complexity index is 703. The topological polar surface area (TPSA) is 33.2 Å². The first-order chi connectivity index (χ1) is 11.6. The smallest absolute Gasteiger partial charge is 0.255 e. The van der Waals surface area contributed by atoms with E-state index in [1.165, 1.54) is 24.4 Å². The molecule has 0 unspecified atom stereocenters. The van der Waals surface area contributed by atoms with E-state index in [2.05, 4.69) is 4.98 Å². The van der Waals surface area contributed by atoms with Crippen LogP contribution in [-0.4, -0.2) is 28.9 Å². The molecule has 1 aliphatic heterocycles. The molecular weight excluding hydrogens is 310 g/mol. The van der Waals surface area contributed by atoms with Crippen molar-refractivity contribution in [1.82, 2.24) is 9.88 Å². The molecule has 0 spiro atoms. The van der Waals surface area contributed by atoms with Crippen LogP contribution in [0.15, 0.2) is 42.7 Å². The van der Waals surface area contributed by atoms with Crippen LogP contribution in [0.2, 0.25) is 0 Å². The maximum Gasteiger partial charge on any atom is 0.255 e. The normalized spacial score (nSPS) is 17.8. The summed E-state index contributed by atoms with van der Waals surface area (Å²) in [5.74, 6) is -0.467. The first-order valence-corrected chi connectivity index (χ1v) is 8.26. The number of likely N-dealkylation sites (tertiary alicyclic amines) is 1. The largest absolute Gasteiger partial charge is 0.338 e. The molecule has 1 amide bonds. The Morgan fingerprint density at radius 1 is 1.17 bits per heavy atom. The van der Waals surface area contributed by atoms with Crippen molar-refractivity contribution in [3.63, 3.8) is 0 Å². The zero-order chi connectivity index (χ0) is 16.9. The lowest BCUT2D eigenvalue weighted by molar-refractivity contribution is 0.0667. The van der Waals surface area contributed by atoms with Gasteiger partial charge in [0.15, 0.2) is 0 Å². The lowest BCUT2D eigenvalue weighted by atomic mass is 9.91. The summed E-state index contributed by atoms with van der Waals surface area (Å²) in [6.07, 6.45) is 6.35. The van der Waals surface area contributed by atoms with E-state index in [9.17, 15) is 13.6 Å². The van der Waals surface area contributed by atoms with E-state index in [0.29, 0.717) is 24.6 Å². The molecule has 0 N–H and O–H groups in total. The molecule has 5 heteroatoms. The fourth-order valence-corrected chi connectivity index (χ4v) is 3.22. The molecule has 2 heterocycles. The lowest BCUT2D eigenvalue weighted by Crippen LogP contribution is -2.40. The molecule has 3 nitrogen and oxygen atoms in total. The maximum absolute atomic E-state index is 13.2. The van der Waals surface area contributed by atoms with Crippen molar-refractivity contribution in [3.8, 4) is 0 Å². The van der Waals surface area contributed by atoms with E-state index in [1.807, 2.05) is 0 Å². The number of benzene rings is 1. The number of amides is 1. The molecule has 3 rings (SSSR count). The quantitative estimate of drug-likeness (QED) is 0.853. The number of hydrogen-bond acceptors (Lipinski definition) is 2. The summed E-state index contributed by atoms with van der Waals surface area (Å²) in [6.45, 7) is 1.37. The first kappa shape index (κ1) is 16.6. The van der Waals surface area contributed by atoms with E-state index in [0.717, 1.165) is 37.4 Å². The number of pyridine rings is 1. The molecule has 1 aliphatic rings. The third kappa shape index (κ3) is 4.16. The van der Waals surface area contributed by atoms with Gasteiger partial charge in [0, 0.05) is 19.3 Å². The summed E-state index contributed by atoms with van der Waals surface area (Å²) in [7, 11) is 0. The van der Waals surface area contributed by atoms with Crippen LogP contribution in [0.25, 0.3) is 0 Å². The number of nitrogens with zero attached hydrogens (tertiary/aromatic N) is 2. The van der Waals surface area contributed by atoms with Gasteiger partial charge < -0.3 is 4.90 Å². The molecule has 24 heavy (non-hydrogen) atoms. The second kappa shape index (κ2) is 7.51. The fraction of sp³-hybridized carbons (Fsp3) is 0.368. The van der Waals surface area contributed by atoms with Gasteiger partial charge in [0.25, 0.3) is 5.91 Å².